The van der Waals surface area contributed by atoms with Crippen molar-refractivity contribution in [2.75, 3.05) is 11.9 Å². The Hall–Kier alpha value is -0.358. The number of hydrogen-bond acceptors (Lipinski definition) is 1. The molecule has 0 aliphatic heterocycles. The smallest absolute Gasteiger partial charge is 1.00 e. The molecule has 0 fully saturated rings. The van der Waals surface area contributed by atoms with Crippen molar-refractivity contribution in [1.82, 2.24) is 0 Å². The van der Waals surface area contributed by atoms with Gasteiger partial charge in [-0.25, -0.2) is 0 Å². The third-order valence-corrected chi connectivity index (χ3v) is 2.29. The Balaban J connectivity index is -0.000000562. The van der Waals surface area contributed by atoms with E-state index in [0.29, 0.717) is 0 Å². The van der Waals surface area contributed by atoms with Crippen LogP contribution in [-0.4, -0.2) is 24.4 Å². The fourth-order valence-corrected chi connectivity index (χ4v) is 1.45. The molecule has 94 valence electrons. The first-order valence-electron chi connectivity index (χ1n) is 4.72. The van der Waals surface area contributed by atoms with Crippen molar-refractivity contribution >= 4 is 28.7 Å². The first kappa shape index (κ1) is 22.8. The molecule has 0 atom stereocenters. The Morgan fingerprint density at radius 3 is 1.17 bits per heavy atom. The molecule has 2 aromatic rings. The van der Waals surface area contributed by atoms with E-state index in [9.17, 15) is 0 Å². The van der Waals surface area contributed by atoms with Crippen molar-refractivity contribution in [3.8, 4) is 0 Å². The van der Waals surface area contributed by atoms with Gasteiger partial charge in [0, 0.05) is 18.4 Å². The summed E-state index contributed by atoms with van der Waals surface area (Å²) < 4.78 is 0. The minimum absolute atomic E-state index is 0. The molecule has 0 saturated carbocycles. The van der Waals surface area contributed by atoms with Crippen LogP contribution in [0.1, 0.15) is 0 Å². The van der Waals surface area contributed by atoms with Gasteiger partial charge in [-0.3, -0.25) is 0 Å². The Labute approximate surface area is 138 Å². The molecule has 1 nitrogen and oxygen atoms in total. The van der Waals surface area contributed by atoms with Crippen LogP contribution in [0.5, 0.6) is 0 Å². The van der Waals surface area contributed by atoms with E-state index in [1.807, 2.05) is 12.1 Å². The Kier molecular flexibility index (Phi) is 14.8. The minimum Gasteiger partial charge on any atom is -1.00 e. The van der Waals surface area contributed by atoms with Gasteiger partial charge in [0.2, 0.25) is 0 Å². The summed E-state index contributed by atoms with van der Waals surface area (Å²) in [7, 11) is 2.07. The van der Waals surface area contributed by atoms with Gasteiger partial charge in [0.1, 0.15) is 0 Å². The third kappa shape index (κ3) is 6.00. The van der Waals surface area contributed by atoms with Gasteiger partial charge in [-0.15, -0.1) is 0 Å². The molecule has 0 N–H and O–H groups in total. The van der Waals surface area contributed by atoms with Crippen LogP contribution < -0.4 is 42.1 Å². The topological polar surface area (TPSA) is 3.24 Å². The van der Waals surface area contributed by atoms with Gasteiger partial charge in [0.25, 0.3) is 0 Å². The maximum absolute atomic E-state index is 2.17. The molecule has 2 rings (SSSR count). The van der Waals surface area contributed by atoms with Gasteiger partial charge in [-0.05, 0) is 24.3 Å². The first-order valence-corrected chi connectivity index (χ1v) is 4.72. The van der Waals surface area contributed by atoms with Gasteiger partial charge in [0.05, 0.1) is 0 Å². The number of hydrogen-bond donors (Lipinski definition) is 0. The van der Waals surface area contributed by atoms with E-state index in [1.54, 1.807) is 0 Å². The molecule has 0 saturated heterocycles. The van der Waals surface area contributed by atoms with Crippen LogP contribution in [0.4, 0.5) is 11.4 Å². The number of para-hydroxylation sites is 2. The van der Waals surface area contributed by atoms with E-state index in [4.69, 9.17) is 0 Å². The molecule has 0 bridgehead atoms. The molecular formula is C13H13AlCl3N. The molecule has 0 heterocycles. The number of anilines is 2. The molecule has 0 aromatic heterocycles. The molecule has 2 aromatic carbocycles. The van der Waals surface area contributed by atoms with Crippen molar-refractivity contribution in [1.29, 1.82) is 0 Å². The van der Waals surface area contributed by atoms with Crippen molar-refractivity contribution < 1.29 is 37.2 Å². The second-order valence-corrected chi connectivity index (χ2v) is 3.23. The zero-order chi connectivity index (χ0) is 9.80. The molecule has 0 aliphatic carbocycles. The average Bonchev–Trinajstić information content (AvgIpc) is 2.30. The summed E-state index contributed by atoms with van der Waals surface area (Å²) in [6.45, 7) is 0. The largest absolute Gasteiger partial charge is 3.00 e. The summed E-state index contributed by atoms with van der Waals surface area (Å²) >= 11 is 0. The minimum atomic E-state index is 0. The van der Waals surface area contributed by atoms with E-state index < -0.39 is 0 Å². The quantitative estimate of drug-likeness (QED) is 0.499. The van der Waals surface area contributed by atoms with Gasteiger partial charge in [-0.1, -0.05) is 36.4 Å². The van der Waals surface area contributed by atoms with E-state index >= 15 is 0 Å². The number of benzene rings is 2. The Morgan fingerprint density at radius 1 is 0.611 bits per heavy atom. The van der Waals surface area contributed by atoms with E-state index in [1.165, 1.54) is 11.4 Å². The summed E-state index contributed by atoms with van der Waals surface area (Å²) in [5.74, 6) is 0. The third-order valence-electron chi connectivity index (χ3n) is 2.29. The second kappa shape index (κ2) is 11.7. The molecule has 0 aliphatic rings. The zero-order valence-electron chi connectivity index (χ0n) is 9.93. The van der Waals surface area contributed by atoms with Crippen LogP contribution in [0.2, 0.25) is 0 Å². The van der Waals surface area contributed by atoms with E-state index in [0.717, 1.165) is 0 Å². The predicted octanol–water partition coefficient (Wildman–Crippen LogP) is -5.91. The predicted molar refractivity (Wildman–Crippen MR) is 66.7 cm³/mol. The molecule has 0 amide bonds. The van der Waals surface area contributed by atoms with Crippen molar-refractivity contribution in [2.45, 2.75) is 0 Å². The van der Waals surface area contributed by atoms with Crippen LogP contribution in [-0.2, 0) is 0 Å². The molecule has 0 radical (unpaired) electrons. The van der Waals surface area contributed by atoms with Gasteiger partial charge in [0.15, 0.2) is 0 Å². The summed E-state index contributed by atoms with van der Waals surface area (Å²) in [5.41, 5.74) is 2.41. The Bertz CT molecular complexity index is 358. The zero-order valence-corrected chi connectivity index (χ0v) is 13.4. The molecular weight excluding hydrogens is 303 g/mol. The fraction of sp³-hybridized carbons (Fsp3) is 0.0769. The second-order valence-electron chi connectivity index (χ2n) is 3.23. The van der Waals surface area contributed by atoms with E-state index in [-0.39, 0.29) is 54.6 Å². The number of nitrogens with zero attached hydrogens (tertiary/aromatic N) is 1. The van der Waals surface area contributed by atoms with Crippen molar-refractivity contribution in [2.24, 2.45) is 0 Å². The monoisotopic (exact) mass is 315 g/mol. The van der Waals surface area contributed by atoms with Gasteiger partial charge in [-0.2, -0.15) is 0 Å². The summed E-state index contributed by atoms with van der Waals surface area (Å²) in [6, 6.07) is 20.7. The molecule has 0 spiro atoms. The summed E-state index contributed by atoms with van der Waals surface area (Å²) in [4.78, 5) is 2.17. The molecule has 0 unspecified atom stereocenters. The van der Waals surface area contributed by atoms with Crippen LogP contribution in [0.3, 0.4) is 0 Å². The van der Waals surface area contributed by atoms with Crippen LogP contribution in [0.25, 0.3) is 0 Å². The van der Waals surface area contributed by atoms with Crippen molar-refractivity contribution in [3.05, 3.63) is 60.7 Å². The fourth-order valence-electron chi connectivity index (χ4n) is 1.45. The van der Waals surface area contributed by atoms with Crippen LogP contribution in [0.15, 0.2) is 60.7 Å². The number of rotatable bonds is 2. The molecule has 5 heteroatoms. The normalized spacial score (nSPS) is 7.61. The van der Waals surface area contributed by atoms with Crippen LogP contribution in [0, 0.1) is 0 Å². The average molecular weight is 317 g/mol. The maximum atomic E-state index is 2.17. The molecule has 18 heavy (non-hydrogen) atoms. The first-order chi connectivity index (χ1) is 6.88. The number of halogens is 3. The SMILES string of the molecule is CN(c1ccccc1)c1ccccc1.[Al+3].[Cl-].[Cl-].[Cl-]. The standard InChI is InChI=1S/C13H13N.Al.3ClH/c1-14(12-8-4-2-5-9-12)13-10-6-3-7-11-13;;;;/h2-11H,1H3;;3*1H/q;+3;;;/p-3. The van der Waals surface area contributed by atoms with E-state index in [2.05, 4.69) is 60.5 Å². The summed E-state index contributed by atoms with van der Waals surface area (Å²) in [6.07, 6.45) is 0. The Morgan fingerprint density at radius 2 is 0.889 bits per heavy atom. The summed E-state index contributed by atoms with van der Waals surface area (Å²) in [5, 5.41) is 0. The van der Waals surface area contributed by atoms with Gasteiger partial charge >= 0.3 is 17.4 Å². The maximum Gasteiger partial charge on any atom is 3.00 e. The van der Waals surface area contributed by atoms with Gasteiger partial charge < -0.3 is 42.1 Å². The van der Waals surface area contributed by atoms with Crippen molar-refractivity contribution in [3.63, 3.8) is 0 Å². The van der Waals surface area contributed by atoms with Crippen LogP contribution >= 0.6 is 0 Å².